The SMILES string of the molecule is CCCCCN1C(=O)c2[nH]nc(-c3ccc(C)cc3)c2C1c1ccc(CC)cc1. The summed E-state index contributed by atoms with van der Waals surface area (Å²) in [5.41, 5.74) is 7.26. The lowest BCUT2D eigenvalue weighted by Gasteiger charge is -2.26. The summed E-state index contributed by atoms with van der Waals surface area (Å²) in [6, 6.07) is 17.0. The smallest absolute Gasteiger partial charge is 0.273 e. The second-order valence-corrected chi connectivity index (χ2v) is 7.93. The van der Waals surface area contributed by atoms with Gasteiger partial charge in [0.25, 0.3) is 5.91 Å². The van der Waals surface area contributed by atoms with Crippen molar-refractivity contribution < 1.29 is 4.79 Å². The minimum absolute atomic E-state index is 0.0616. The molecule has 0 aliphatic carbocycles. The standard InChI is InChI=1S/C25H29N3O/c1-4-6-7-16-28-24(20-14-10-18(5-2)11-15-20)21-22(26-27-23(21)25(28)29)19-12-8-17(3)9-13-19/h8-15,24H,4-7,16H2,1-3H3,(H,26,27). The third kappa shape index (κ3) is 3.59. The summed E-state index contributed by atoms with van der Waals surface area (Å²) in [5, 5.41) is 7.61. The fourth-order valence-corrected chi connectivity index (χ4v) is 4.17. The van der Waals surface area contributed by atoms with Crippen LogP contribution in [0.25, 0.3) is 11.3 Å². The molecule has 2 aromatic carbocycles. The number of hydrogen-bond acceptors (Lipinski definition) is 2. The summed E-state index contributed by atoms with van der Waals surface area (Å²) in [7, 11) is 0. The van der Waals surface area contributed by atoms with Gasteiger partial charge in [-0.3, -0.25) is 9.89 Å². The fraction of sp³-hybridized carbons (Fsp3) is 0.360. The molecule has 4 rings (SSSR count). The van der Waals surface area contributed by atoms with Gasteiger partial charge in [-0.25, -0.2) is 0 Å². The minimum atomic E-state index is -0.0877. The second kappa shape index (κ2) is 8.24. The molecule has 3 aromatic rings. The molecule has 4 heteroatoms. The molecular formula is C25H29N3O. The van der Waals surface area contributed by atoms with Gasteiger partial charge in [0.2, 0.25) is 0 Å². The van der Waals surface area contributed by atoms with Crippen molar-refractivity contribution in [3.05, 3.63) is 76.5 Å². The van der Waals surface area contributed by atoms with Gasteiger partial charge in [0.05, 0.1) is 11.7 Å². The quantitative estimate of drug-likeness (QED) is 0.530. The highest BCUT2D eigenvalue weighted by Gasteiger charge is 2.41. The summed E-state index contributed by atoms with van der Waals surface area (Å²) in [6.07, 6.45) is 4.29. The van der Waals surface area contributed by atoms with Gasteiger partial charge in [0.15, 0.2) is 0 Å². The zero-order chi connectivity index (χ0) is 20.4. The summed E-state index contributed by atoms with van der Waals surface area (Å²) >= 11 is 0. The van der Waals surface area contributed by atoms with Crippen molar-refractivity contribution in [3.8, 4) is 11.3 Å². The predicted molar refractivity (Wildman–Crippen MR) is 117 cm³/mol. The summed E-state index contributed by atoms with van der Waals surface area (Å²) in [5.74, 6) is 0.0616. The maximum atomic E-state index is 13.3. The number of rotatable bonds is 7. The van der Waals surface area contributed by atoms with Gasteiger partial charge in [-0.05, 0) is 30.9 Å². The zero-order valence-corrected chi connectivity index (χ0v) is 17.5. The molecule has 1 aliphatic rings. The molecular weight excluding hydrogens is 358 g/mol. The maximum absolute atomic E-state index is 13.3. The Morgan fingerprint density at radius 1 is 1.00 bits per heavy atom. The minimum Gasteiger partial charge on any atom is -0.326 e. The Bertz CT molecular complexity index is 986. The molecule has 0 fully saturated rings. The first kappa shape index (κ1) is 19.4. The summed E-state index contributed by atoms with van der Waals surface area (Å²) in [4.78, 5) is 15.3. The van der Waals surface area contributed by atoms with Gasteiger partial charge in [-0.2, -0.15) is 5.10 Å². The Kier molecular flexibility index (Phi) is 5.52. The highest BCUT2D eigenvalue weighted by Crippen LogP contribution is 2.42. The number of nitrogens with zero attached hydrogens (tertiary/aromatic N) is 2. The van der Waals surface area contributed by atoms with Crippen molar-refractivity contribution in [1.29, 1.82) is 0 Å². The molecule has 0 bridgehead atoms. The van der Waals surface area contributed by atoms with E-state index in [9.17, 15) is 4.79 Å². The number of hydrogen-bond donors (Lipinski definition) is 1. The normalized spacial score (nSPS) is 15.8. The molecule has 1 unspecified atom stereocenters. The second-order valence-electron chi connectivity index (χ2n) is 7.93. The largest absolute Gasteiger partial charge is 0.326 e. The average molecular weight is 388 g/mol. The van der Waals surface area contributed by atoms with Gasteiger partial charge in [0, 0.05) is 17.7 Å². The number of carbonyl (C=O) groups is 1. The molecule has 1 atom stereocenters. The number of aromatic amines is 1. The number of nitrogens with one attached hydrogen (secondary N) is 1. The lowest BCUT2D eigenvalue weighted by Crippen LogP contribution is -2.30. The molecule has 0 spiro atoms. The van der Waals surface area contributed by atoms with Crippen molar-refractivity contribution in [1.82, 2.24) is 15.1 Å². The lowest BCUT2D eigenvalue weighted by atomic mass is 9.95. The fourth-order valence-electron chi connectivity index (χ4n) is 4.17. The molecule has 4 nitrogen and oxygen atoms in total. The average Bonchev–Trinajstić information content (AvgIpc) is 3.28. The number of aryl methyl sites for hydroxylation is 2. The van der Waals surface area contributed by atoms with E-state index in [1.165, 1.54) is 11.1 Å². The van der Waals surface area contributed by atoms with Crippen LogP contribution < -0.4 is 0 Å². The number of benzene rings is 2. The van der Waals surface area contributed by atoms with Crippen molar-refractivity contribution >= 4 is 5.91 Å². The van der Waals surface area contributed by atoms with Crippen LogP contribution in [0.1, 0.15) is 71.9 Å². The molecule has 150 valence electrons. The van der Waals surface area contributed by atoms with Crippen LogP contribution >= 0.6 is 0 Å². The molecule has 0 saturated carbocycles. The summed E-state index contributed by atoms with van der Waals surface area (Å²) in [6.45, 7) is 7.20. The number of H-pyrrole nitrogens is 1. The van der Waals surface area contributed by atoms with Crippen molar-refractivity contribution in [2.24, 2.45) is 0 Å². The van der Waals surface area contributed by atoms with E-state index in [1.807, 2.05) is 4.90 Å². The molecule has 1 amide bonds. The van der Waals surface area contributed by atoms with E-state index in [0.717, 1.165) is 54.6 Å². The van der Waals surface area contributed by atoms with E-state index in [2.05, 4.69) is 79.5 Å². The first-order valence-electron chi connectivity index (χ1n) is 10.7. The molecule has 2 heterocycles. The van der Waals surface area contributed by atoms with Crippen molar-refractivity contribution in [2.45, 2.75) is 52.5 Å². The highest BCUT2D eigenvalue weighted by atomic mass is 16.2. The number of carbonyl (C=O) groups excluding carboxylic acids is 1. The molecule has 1 N–H and O–H groups in total. The Balaban J connectivity index is 1.79. The number of fused-ring (bicyclic) bond motifs is 1. The van der Waals surface area contributed by atoms with Gasteiger partial charge in [-0.15, -0.1) is 0 Å². The van der Waals surface area contributed by atoms with E-state index >= 15 is 0 Å². The molecule has 0 radical (unpaired) electrons. The summed E-state index contributed by atoms with van der Waals surface area (Å²) < 4.78 is 0. The highest BCUT2D eigenvalue weighted by molar-refractivity contribution is 6.00. The van der Waals surface area contributed by atoms with Gasteiger partial charge < -0.3 is 4.90 Å². The first-order valence-corrected chi connectivity index (χ1v) is 10.7. The monoisotopic (exact) mass is 387 g/mol. The van der Waals surface area contributed by atoms with Gasteiger partial charge in [-0.1, -0.05) is 80.8 Å². The Labute approximate surface area is 173 Å². The van der Waals surface area contributed by atoms with Crippen LogP contribution in [0.3, 0.4) is 0 Å². The van der Waals surface area contributed by atoms with Crippen LogP contribution in [0.4, 0.5) is 0 Å². The van der Waals surface area contributed by atoms with Gasteiger partial charge >= 0.3 is 0 Å². The number of amides is 1. The van der Waals surface area contributed by atoms with Crippen molar-refractivity contribution in [3.63, 3.8) is 0 Å². The predicted octanol–water partition coefficient (Wildman–Crippen LogP) is 5.68. The maximum Gasteiger partial charge on any atom is 0.273 e. The van der Waals surface area contributed by atoms with E-state index in [0.29, 0.717) is 5.69 Å². The van der Waals surface area contributed by atoms with Crippen LogP contribution in [0.5, 0.6) is 0 Å². The first-order chi connectivity index (χ1) is 14.1. The van der Waals surface area contributed by atoms with E-state index in [1.54, 1.807) is 0 Å². The Hall–Kier alpha value is -2.88. The number of aromatic nitrogens is 2. The van der Waals surface area contributed by atoms with Crippen LogP contribution in [-0.4, -0.2) is 27.5 Å². The van der Waals surface area contributed by atoms with Crippen LogP contribution in [0, 0.1) is 6.92 Å². The van der Waals surface area contributed by atoms with Crippen LogP contribution in [0.15, 0.2) is 48.5 Å². The number of unbranched alkanes of at least 4 members (excludes halogenated alkanes) is 2. The van der Waals surface area contributed by atoms with Crippen LogP contribution in [0.2, 0.25) is 0 Å². The third-order valence-electron chi connectivity index (χ3n) is 5.90. The van der Waals surface area contributed by atoms with E-state index < -0.39 is 0 Å². The zero-order valence-electron chi connectivity index (χ0n) is 17.5. The van der Waals surface area contributed by atoms with E-state index in [-0.39, 0.29) is 11.9 Å². The Morgan fingerprint density at radius 2 is 1.72 bits per heavy atom. The van der Waals surface area contributed by atoms with Gasteiger partial charge in [0.1, 0.15) is 5.69 Å². The van der Waals surface area contributed by atoms with E-state index in [4.69, 9.17) is 0 Å². The molecule has 29 heavy (non-hydrogen) atoms. The molecule has 1 aromatic heterocycles. The molecule has 0 saturated heterocycles. The molecule has 1 aliphatic heterocycles. The van der Waals surface area contributed by atoms with Crippen molar-refractivity contribution in [2.75, 3.05) is 6.54 Å². The lowest BCUT2D eigenvalue weighted by molar-refractivity contribution is 0.0740. The Morgan fingerprint density at radius 3 is 2.38 bits per heavy atom. The third-order valence-corrected chi connectivity index (χ3v) is 5.90. The topological polar surface area (TPSA) is 49.0 Å². The van der Waals surface area contributed by atoms with Crippen LogP contribution in [-0.2, 0) is 6.42 Å².